The summed E-state index contributed by atoms with van der Waals surface area (Å²) in [6.07, 6.45) is 0.952. The summed E-state index contributed by atoms with van der Waals surface area (Å²) in [5.41, 5.74) is 0.870. The van der Waals surface area contributed by atoms with E-state index in [4.69, 9.17) is 9.47 Å². The predicted molar refractivity (Wildman–Crippen MR) is 67.5 cm³/mol. The fraction of sp³-hybridized carbons (Fsp3) is 0.538. The van der Waals surface area contributed by atoms with E-state index in [-0.39, 0.29) is 5.75 Å². The first-order valence-electron chi connectivity index (χ1n) is 5.75. The summed E-state index contributed by atoms with van der Waals surface area (Å²) in [6, 6.07) is 5.69. The zero-order chi connectivity index (χ0) is 12.7. The van der Waals surface area contributed by atoms with E-state index in [0.29, 0.717) is 18.3 Å². The molecule has 0 spiro atoms. The highest BCUT2D eigenvalue weighted by Crippen LogP contribution is 2.23. The Bertz CT molecular complexity index is 341. The van der Waals surface area contributed by atoms with Crippen molar-refractivity contribution >= 4 is 0 Å². The summed E-state index contributed by atoms with van der Waals surface area (Å²) in [7, 11) is 3.28. The van der Waals surface area contributed by atoms with Crippen LogP contribution in [0.4, 0.5) is 0 Å². The van der Waals surface area contributed by atoms with Crippen molar-refractivity contribution in [3.05, 3.63) is 23.8 Å². The number of methoxy groups -OCH3 is 2. The van der Waals surface area contributed by atoms with E-state index in [9.17, 15) is 5.11 Å². The lowest BCUT2D eigenvalue weighted by atomic mass is 10.1. The molecule has 0 heterocycles. The number of aromatic hydroxyl groups is 1. The van der Waals surface area contributed by atoms with E-state index >= 15 is 0 Å². The van der Waals surface area contributed by atoms with E-state index < -0.39 is 0 Å². The lowest BCUT2D eigenvalue weighted by molar-refractivity contribution is 0.184. The maximum atomic E-state index is 9.77. The van der Waals surface area contributed by atoms with Crippen molar-refractivity contribution in [3.63, 3.8) is 0 Å². The van der Waals surface area contributed by atoms with Crippen LogP contribution in [0.1, 0.15) is 18.9 Å². The minimum atomic E-state index is 0.260. The third-order valence-corrected chi connectivity index (χ3v) is 2.69. The Labute approximate surface area is 103 Å². The van der Waals surface area contributed by atoms with E-state index in [1.165, 1.54) is 0 Å². The molecule has 0 saturated heterocycles. The van der Waals surface area contributed by atoms with Crippen LogP contribution in [-0.4, -0.2) is 32.0 Å². The number of phenols is 1. The second-order valence-electron chi connectivity index (χ2n) is 4.06. The van der Waals surface area contributed by atoms with Gasteiger partial charge < -0.3 is 19.9 Å². The van der Waals surface area contributed by atoms with Gasteiger partial charge in [0.15, 0.2) is 0 Å². The first kappa shape index (κ1) is 13.8. The molecule has 1 atom stereocenters. The van der Waals surface area contributed by atoms with Gasteiger partial charge in [0.2, 0.25) is 0 Å². The molecule has 1 aromatic rings. The molecule has 96 valence electrons. The molecule has 1 aromatic carbocycles. The second-order valence-corrected chi connectivity index (χ2v) is 4.06. The molecule has 0 amide bonds. The van der Waals surface area contributed by atoms with Crippen LogP contribution < -0.4 is 10.1 Å². The summed E-state index contributed by atoms with van der Waals surface area (Å²) < 4.78 is 10.0. The highest BCUT2D eigenvalue weighted by molar-refractivity contribution is 5.39. The maximum absolute atomic E-state index is 9.77. The summed E-state index contributed by atoms with van der Waals surface area (Å²) in [6.45, 7) is 3.48. The van der Waals surface area contributed by atoms with Gasteiger partial charge in [0.1, 0.15) is 11.5 Å². The van der Waals surface area contributed by atoms with Gasteiger partial charge in [-0.25, -0.2) is 0 Å². The zero-order valence-electron chi connectivity index (χ0n) is 10.7. The molecule has 0 aliphatic rings. The van der Waals surface area contributed by atoms with Crippen LogP contribution in [0.3, 0.4) is 0 Å². The van der Waals surface area contributed by atoms with Crippen molar-refractivity contribution in [1.29, 1.82) is 0 Å². The smallest absolute Gasteiger partial charge is 0.123 e. The van der Waals surface area contributed by atoms with Gasteiger partial charge in [0.25, 0.3) is 0 Å². The Morgan fingerprint density at radius 2 is 2.12 bits per heavy atom. The molecule has 0 aliphatic carbocycles. The summed E-state index contributed by atoms with van der Waals surface area (Å²) >= 11 is 0. The van der Waals surface area contributed by atoms with Crippen molar-refractivity contribution in [3.8, 4) is 11.5 Å². The first-order valence-corrected chi connectivity index (χ1v) is 5.75. The van der Waals surface area contributed by atoms with Gasteiger partial charge in [0, 0.05) is 37.9 Å². The Kier molecular flexibility index (Phi) is 5.80. The zero-order valence-corrected chi connectivity index (χ0v) is 10.7. The predicted octanol–water partition coefficient (Wildman–Crippen LogP) is 1.92. The van der Waals surface area contributed by atoms with Gasteiger partial charge >= 0.3 is 0 Å². The summed E-state index contributed by atoms with van der Waals surface area (Å²) in [4.78, 5) is 0. The van der Waals surface area contributed by atoms with E-state index in [2.05, 4.69) is 12.2 Å². The van der Waals surface area contributed by atoms with Crippen LogP contribution in [0.15, 0.2) is 18.2 Å². The van der Waals surface area contributed by atoms with Crippen LogP contribution >= 0.6 is 0 Å². The number of nitrogens with one attached hydrogen (secondary N) is 1. The van der Waals surface area contributed by atoms with Crippen molar-refractivity contribution in [1.82, 2.24) is 5.32 Å². The number of benzene rings is 1. The third-order valence-electron chi connectivity index (χ3n) is 2.69. The molecule has 0 aliphatic heterocycles. The average Bonchev–Trinajstić information content (AvgIpc) is 2.34. The maximum Gasteiger partial charge on any atom is 0.123 e. The number of hydrogen-bond acceptors (Lipinski definition) is 4. The van der Waals surface area contributed by atoms with E-state index in [1.807, 2.05) is 12.1 Å². The highest BCUT2D eigenvalue weighted by Gasteiger charge is 2.05. The Hall–Kier alpha value is -1.26. The molecule has 1 unspecified atom stereocenters. The molecule has 1 rings (SSSR count). The molecule has 0 fully saturated rings. The monoisotopic (exact) mass is 239 g/mol. The van der Waals surface area contributed by atoms with Gasteiger partial charge in [-0.05, 0) is 19.4 Å². The van der Waals surface area contributed by atoms with Gasteiger partial charge in [-0.15, -0.1) is 0 Å². The van der Waals surface area contributed by atoms with Crippen LogP contribution in [0.25, 0.3) is 0 Å². The average molecular weight is 239 g/mol. The first-order chi connectivity index (χ1) is 8.17. The molecule has 0 saturated carbocycles. The normalized spacial score (nSPS) is 12.4. The molecule has 4 heteroatoms. The molecule has 0 bridgehead atoms. The SMILES string of the molecule is COCCC(C)NCc1ccc(OC)cc1O. The highest BCUT2D eigenvalue weighted by atomic mass is 16.5. The van der Waals surface area contributed by atoms with Crippen LogP contribution in [0.5, 0.6) is 11.5 Å². The molecule has 2 N–H and O–H groups in total. The minimum Gasteiger partial charge on any atom is -0.507 e. The molecule has 0 aromatic heterocycles. The van der Waals surface area contributed by atoms with E-state index in [1.54, 1.807) is 20.3 Å². The number of hydrogen-bond donors (Lipinski definition) is 2. The largest absolute Gasteiger partial charge is 0.507 e. The Morgan fingerprint density at radius 1 is 1.35 bits per heavy atom. The summed E-state index contributed by atoms with van der Waals surface area (Å²) in [5, 5.41) is 13.1. The third kappa shape index (κ3) is 4.63. The van der Waals surface area contributed by atoms with Crippen molar-refractivity contribution in [2.24, 2.45) is 0 Å². The fourth-order valence-corrected chi connectivity index (χ4v) is 1.50. The molecule has 0 radical (unpaired) electrons. The van der Waals surface area contributed by atoms with Gasteiger partial charge in [-0.3, -0.25) is 0 Å². The lowest BCUT2D eigenvalue weighted by Crippen LogP contribution is -2.26. The van der Waals surface area contributed by atoms with Crippen LogP contribution in [0.2, 0.25) is 0 Å². The number of phenolic OH excluding ortho intramolecular Hbond substituents is 1. The second kappa shape index (κ2) is 7.14. The number of ether oxygens (including phenoxy) is 2. The number of rotatable bonds is 7. The lowest BCUT2D eigenvalue weighted by Gasteiger charge is -2.14. The Morgan fingerprint density at radius 3 is 2.71 bits per heavy atom. The minimum absolute atomic E-state index is 0.260. The van der Waals surface area contributed by atoms with Crippen molar-refractivity contribution in [2.75, 3.05) is 20.8 Å². The van der Waals surface area contributed by atoms with Gasteiger partial charge in [-0.1, -0.05) is 6.07 Å². The van der Waals surface area contributed by atoms with Crippen LogP contribution in [-0.2, 0) is 11.3 Å². The molecular weight excluding hydrogens is 218 g/mol. The Balaban J connectivity index is 2.46. The molecule has 17 heavy (non-hydrogen) atoms. The molecular formula is C13H21NO3. The summed E-state index contributed by atoms with van der Waals surface area (Å²) in [5.74, 6) is 0.925. The van der Waals surface area contributed by atoms with Gasteiger partial charge in [0.05, 0.1) is 7.11 Å². The fourth-order valence-electron chi connectivity index (χ4n) is 1.50. The van der Waals surface area contributed by atoms with Gasteiger partial charge in [-0.2, -0.15) is 0 Å². The topological polar surface area (TPSA) is 50.7 Å². The van der Waals surface area contributed by atoms with Crippen molar-refractivity contribution < 1.29 is 14.6 Å². The standard InChI is InChI=1S/C13H21NO3/c1-10(6-7-16-2)14-9-11-4-5-12(17-3)8-13(11)15/h4-5,8,10,14-15H,6-7,9H2,1-3H3. The van der Waals surface area contributed by atoms with Crippen molar-refractivity contribution in [2.45, 2.75) is 25.9 Å². The molecule has 4 nitrogen and oxygen atoms in total. The van der Waals surface area contributed by atoms with E-state index in [0.717, 1.165) is 18.6 Å². The quantitative estimate of drug-likeness (QED) is 0.763. The van der Waals surface area contributed by atoms with Crippen LogP contribution in [0, 0.1) is 0 Å².